The maximum Gasteiger partial charge on any atom is 0.453 e. The maximum absolute atomic E-state index is 13.1. The molecule has 4 unspecified atom stereocenters. The van der Waals surface area contributed by atoms with Gasteiger partial charge in [-0.05, 0) is 97.6 Å². The Morgan fingerprint density at radius 1 is 0.694 bits per heavy atom. The number of halogens is 5. The van der Waals surface area contributed by atoms with Crippen LogP contribution in [0.3, 0.4) is 0 Å². The van der Waals surface area contributed by atoms with E-state index in [9.17, 15) is 27.1 Å². The Bertz CT molecular complexity index is 1170. The number of phenols is 1. The van der Waals surface area contributed by atoms with E-state index in [4.69, 9.17) is 4.74 Å². The van der Waals surface area contributed by atoms with Crippen molar-refractivity contribution < 1.29 is 31.8 Å². The molecule has 0 saturated carbocycles. The smallest absolute Gasteiger partial charge is 0.453 e. The van der Waals surface area contributed by atoms with E-state index in [1.807, 2.05) is 12.1 Å². The number of ether oxygens (including phenoxy) is 1. The van der Waals surface area contributed by atoms with Crippen LogP contribution in [0.2, 0.25) is 0 Å². The van der Waals surface area contributed by atoms with E-state index in [2.05, 4.69) is 51.1 Å². The number of alkyl halides is 5. The highest BCUT2D eigenvalue weighted by Crippen LogP contribution is 2.43. The molecule has 0 amide bonds. The van der Waals surface area contributed by atoms with Crippen LogP contribution >= 0.6 is 0 Å². The van der Waals surface area contributed by atoms with Crippen LogP contribution in [0.15, 0.2) is 42.5 Å². The standard InChI is InChI=1S/C42H63F5O2/c1-4-6-21-38(34-25-23-33(18-5-2)24-26-34)39(37-28-27-36(48)30-32(37)3)22-16-11-9-7-8-10-14-19-35(40-31-49-40)20-15-12-13-17-29-41(43,44)42(45,46)47/h23-28,30,35,38-40,48H,4-22,29,31H2,1-3H3. The lowest BCUT2D eigenvalue weighted by atomic mass is 9.74. The zero-order chi connectivity index (χ0) is 35.7. The predicted octanol–water partition coefficient (Wildman–Crippen LogP) is 13.8. The number of hydrogen-bond donors (Lipinski definition) is 1. The van der Waals surface area contributed by atoms with Crippen LogP contribution in [0.4, 0.5) is 22.0 Å². The number of epoxide rings is 1. The van der Waals surface area contributed by atoms with Gasteiger partial charge in [0, 0.05) is 6.42 Å². The summed E-state index contributed by atoms with van der Waals surface area (Å²) >= 11 is 0. The topological polar surface area (TPSA) is 32.8 Å². The molecule has 0 radical (unpaired) electrons. The second kappa shape index (κ2) is 21.3. The molecule has 1 aliphatic rings. The van der Waals surface area contributed by atoms with Gasteiger partial charge in [0.25, 0.3) is 0 Å². The van der Waals surface area contributed by atoms with Crippen LogP contribution in [-0.2, 0) is 11.2 Å². The van der Waals surface area contributed by atoms with Crippen molar-refractivity contribution in [3.8, 4) is 5.75 Å². The quantitative estimate of drug-likeness (QED) is 0.0604. The molecule has 0 aromatic heterocycles. The Morgan fingerprint density at radius 2 is 1.24 bits per heavy atom. The summed E-state index contributed by atoms with van der Waals surface area (Å²) in [7, 11) is 0. The van der Waals surface area contributed by atoms with Crippen molar-refractivity contribution >= 4 is 0 Å². The van der Waals surface area contributed by atoms with Crippen LogP contribution in [0.25, 0.3) is 0 Å². The molecule has 1 aliphatic heterocycles. The fraction of sp³-hybridized carbons (Fsp3) is 0.714. The van der Waals surface area contributed by atoms with Crippen LogP contribution < -0.4 is 0 Å². The minimum Gasteiger partial charge on any atom is -0.508 e. The first-order chi connectivity index (χ1) is 23.5. The van der Waals surface area contributed by atoms with Crippen LogP contribution in [0, 0.1) is 12.8 Å². The summed E-state index contributed by atoms with van der Waals surface area (Å²) in [4.78, 5) is 0. The zero-order valence-corrected chi connectivity index (χ0v) is 30.4. The molecule has 0 bridgehead atoms. The van der Waals surface area contributed by atoms with Crippen molar-refractivity contribution in [1.82, 2.24) is 0 Å². The number of unbranched alkanes of at least 4 members (excludes halogenated alkanes) is 10. The number of hydrogen-bond acceptors (Lipinski definition) is 2. The average Bonchev–Trinajstić information content (AvgIpc) is 3.90. The molecule has 1 heterocycles. The van der Waals surface area contributed by atoms with E-state index in [0.717, 1.165) is 51.6 Å². The number of rotatable bonds is 26. The molecule has 2 nitrogen and oxygen atoms in total. The molecule has 2 aromatic rings. The molecule has 278 valence electrons. The van der Waals surface area contributed by atoms with Gasteiger partial charge in [0.05, 0.1) is 12.7 Å². The van der Waals surface area contributed by atoms with Gasteiger partial charge in [0.2, 0.25) is 0 Å². The first-order valence-corrected chi connectivity index (χ1v) is 19.4. The monoisotopic (exact) mass is 694 g/mol. The van der Waals surface area contributed by atoms with Gasteiger partial charge in [0.1, 0.15) is 5.75 Å². The summed E-state index contributed by atoms with van der Waals surface area (Å²) in [5, 5.41) is 10.1. The molecule has 7 heteroatoms. The van der Waals surface area contributed by atoms with Gasteiger partial charge in [-0.15, -0.1) is 0 Å². The summed E-state index contributed by atoms with van der Waals surface area (Å²) < 4.78 is 68.8. The highest BCUT2D eigenvalue weighted by molar-refractivity contribution is 5.39. The molecule has 3 rings (SSSR count). The van der Waals surface area contributed by atoms with Gasteiger partial charge < -0.3 is 9.84 Å². The molecule has 2 aromatic carbocycles. The van der Waals surface area contributed by atoms with E-state index in [1.54, 1.807) is 0 Å². The summed E-state index contributed by atoms with van der Waals surface area (Å²) in [6, 6.07) is 15.3. The number of aryl methyl sites for hydroxylation is 2. The van der Waals surface area contributed by atoms with Gasteiger partial charge in [0.15, 0.2) is 0 Å². The van der Waals surface area contributed by atoms with Crippen molar-refractivity contribution in [2.24, 2.45) is 5.92 Å². The van der Waals surface area contributed by atoms with Crippen LogP contribution in [0.1, 0.15) is 170 Å². The first-order valence-electron chi connectivity index (χ1n) is 19.4. The molecule has 4 atom stereocenters. The van der Waals surface area contributed by atoms with Crippen molar-refractivity contribution in [3.63, 3.8) is 0 Å². The fourth-order valence-electron chi connectivity index (χ4n) is 7.64. The molecule has 1 saturated heterocycles. The van der Waals surface area contributed by atoms with E-state index in [0.29, 0.717) is 42.4 Å². The van der Waals surface area contributed by atoms with Gasteiger partial charge >= 0.3 is 12.1 Å². The highest BCUT2D eigenvalue weighted by atomic mass is 19.4. The molecular weight excluding hydrogens is 631 g/mol. The summed E-state index contributed by atoms with van der Waals surface area (Å²) in [5.41, 5.74) is 5.39. The minimum absolute atomic E-state index is 0.0967. The lowest BCUT2D eigenvalue weighted by molar-refractivity contribution is -0.284. The van der Waals surface area contributed by atoms with E-state index < -0.39 is 18.5 Å². The molecular formula is C42H63F5O2. The third kappa shape index (κ3) is 14.5. The SMILES string of the molecule is CCCCC(c1ccc(CCC)cc1)C(CCCCCCCCCC(CCCCCCC(F)(F)C(F)(F)F)C1CO1)c1ccc(O)cc1C. The van der Waals surface area contributed by atoms with E-state index >= 15 is 0 Å². The molecule has 49 heavy (non-hydrogen) atoms. The minimum atomic E-state index is -5.45. The molecule has 1 fully saturated rings. The van der Waals surface area contributed by atoms with Crippen molar-refractivity contribution in [2.45, 2.75) is 179 Å². The van der Waals surface area contributed by atoms with E-state index in [-0.39, 0.29) is 6.42 Å². The van der Waals surface area contributed by atoms with E-state index in [1.165, 1.54) is 80.0 Å². The second-order valence-corrected chi connectivity index (χ2v) is 14.7. The summed E-state index contributed by atoms with van der Waals surface area (Å²) in [5.74, 6) is -2.89. The summed E-state index contributed by atoms with van der Waals surface area (Å²) in [6.45, 7) is 7.42. The largest absolute Gasteiger partial charge is 0.508 e. The lowest BCUT2D eigenvalue weighted by Gasteiger charge is -2.30. The third-order valence-corrected chi connectivity index (χ3v) is 10.7. The second-order valence-electron chi connectivity index (χ2n) is 14.7. The Hall–Kier alpha value is -2.15. The lowest BCUT2D eigenvalue weighted by Crippen LogP contribution is -2.36. The number of aromatic hydroxyl groups is 1. The fourth-order valence-corrected chi connectivity index (χ4v) is 7.64. The Morgan fingerprint density at radius 3 is 1.78 bits per heavy atom. The van der Waals surface area contributed by atoms with Gasteiger partial charge in [-0.2, -0.15) is 22.0 Å². The Kier molecular flexibility index (Phi) is 17.9. The van der Waals surface area contributed by atoms with Gasteiger partial charge in [-0.3, -0.25) is 0 Å². The first kappa shape index (κ1) is 41.3. The summed E-state index contributed by atoms with van der Waals surface area (Å²) in [6.07, 6.45) is 13.1. The van der Waals surface area contributed by atoms with Crippen molar-refractivity contribution in [2.75, 3.05) is 6.61 Å². The maximum atomic E-state index is 13.1. The average molecular weight is 695 g/mol. The normalized spacial score (nSPS) is 16.9. The van der Waals surface area contributed by atoms with Gasteiger partial charge in [-0.25, -0.2) is 0 Å². The Labute approximate surface area is 293 Å². The zero-order valence-electron chi connectivity index (χ0n) is 30.4. The van der Waals surface area contributed by atoms with Crippen molar-refractivity contribution in [1.29, 1.82) is 0 Å². The van der Waals surface area contributed by atoms with Gasteiger partial charge in [-0.1, -0.05) is 128 Å². The molecule has 0 aliphatic carbocycles. The third-order valence-electron chi connectivity index (χ3n) is 10.7. The Balaban J connectivity index is 1.40. The van der Waals surface area contributed by atoms with Crippen molar-refractivity contribution in [3.05, 3.63) is 64.7 Å². The molecule has 0 spiro atoms. The molecule has 1 N–H and O–H groups in total. The van der Waals surface area contributed by atoms with Crippen LogP contribution in [-0.4, -0.2) is 29.9 Å². The number of benzene rings is 2. The number of phenolic OH excluding ortho intramolecular Hbond substituents is 1. The predicted molar refractivity (Wildman–Crippen MR) is 192 cm³/mol. The van der Waals surface area contributed by atoms with Crippen LogP contribution in [0.5, 0.6) is 5.75 Å². The highest BCUT2D eigenvalue weighted by Gasteiger charge is 2.56.